The van der Waals surface area contributed by atoms with Crippen LogP contribution in [-0.2, 0) is 6.54 Å². The van der Waals surface area contributed by atoms with Gasteiger partial charge in [0.1, 0.15) is 17.3 Å². The quantitative estimate of drug-likeness (QED) is 0.143. The van der Waals surface area contributed by atoms with Crippen LogP contribution in [-0.4, -0.2) is 31.7 Å². The molecule has 0 amide bonds. The molecule has 0 heterocycles. The number of hydrogen-bond donors (Lipinski definition) is 2. The van der Waals surface area contributed by atoms with E-state index in [1.54, 1.807) is 6.07 Å². The fraction of sp³-hybridized carbons (Fsp3) is 0.250. The average Bonchev–Trinajstić information content (AvgIpc) is 2.74. The average molecular weight is 573 g/mol. The highest BCUT2D eigenvalue weighted by Crippen LogP contribution is 3.02. The predicted octanol–water partition coefficient (Wildman–Crippen LogP) is 9.61. The molecule has 2 N–H and O–H groups in total. The predicted molar refractivity (Wildman–Crippen MR) is 138 cm³/mol. The molecule has 3 aromatic carbocycles. The van der Waals surface area contributed by atoms with Crippen LogP contribution in [0.4, 0.5) is 40.9 Å². The van der Waals surface area contributed by atoms with Gasteiger partial charge in [-0.1, -0.05) is 48.7 Å². The van der Waals surface area contributed by atoms with Crippen LogP contribution in [0.2, 0.25) is 10.0 Å². The molecule has 3 nitrogen and oxygen atoms in total. The van der Waals surface area contributed by atoms with Crippen molar-refractivity contribution in [3.63, 3.8) is 0 Å². The van der Waals surface area contributed by atoms with Crippen molar-refractivity contribution in [3.8, 4) is 0 Å². The third-order valence-corrected chi connectivity index (χ3v) is 7.31. The number of halogens is 8. The van der Waals surface area contributed by atoms with Crippen molar-refractivity contribution in [3.05, 3.63) is 82.1 Å². The zero-order valence-electron chi connectivity index (χ0n) is 19.5. The fourth-order valence-electron chi connectivity index (χ4n) is 3.66. The van der Waals surface area contributed by atoms with Crippen LogP contribution >= 0.6 is 33.4 Å². The van der Waals surface area contributed by atoms with Crippen LogP contribution in [0.5, 0.6) is 0 Å². The van der Waals surface area contributed by atoms with Gasteiger partial charge in [-0.3, -0.25) is 0 Å². The maximum Gasteiger partial charge on any atom is 0.310 e. The first-order valence-electron chi connectivity index (χ1n) is 10.8. The zero-order chi connectivity index (χ0) is 26.8. The molecule has 0 bridgehead atoms. The number of quaternary nitrogens is 1. The summed E-state index contributed by atoms with van der Waals surface area (Å²) >= 11 is 12.1. The van der Waals surface area contributed by atoms with Gasteiger partial charge in [-0.05, 0) is 54.6 Å². The fourth-order valence-corrected chi connectivity index (χ4v) is 4.64. The molecule has 0 aliphatic heterocycles. The highest BCUT2D eigenvalue weighted by molar-refractivity contribution is 8.45. The van der Waals surface area contributed by atoms with Crippen LogP contribution in [0.25, 0.3) is 0 Å². The molecule has 0 saturated carbocycles. The topological polar surface area (TPSA) is 24.1 Å². The molecule has 0 spiro atoms. The van der Waals surface area contributed by atoms with E-state index in [9.17, 15) is 23.8 Å². The van der Waals surface area contributed by atoms with Crippen molar-refractivity contribution in [2.75, 3.05) is 37.8 Å². The molecule has 0 aliphatic carbocycles. The Kier molecular flexibility index (Phi) is 7.51. The van der Waals surface area contributed by atoms with E-state index in [2.05, 4.69) is 24.7 Å². The molecule has 3 aromatic rings. The monoisotopic (exact) mass is 572 g/mol. The number of hydrogen-bond acceptors (Lipinski definition) is 2. The minimum atomic E-state index is -9.75. The highest BCUT2D eigenvalue weighted by atomic mass is 35.5. The molecule has 0 atom stereocenters. The smallest absolute Gasteiger partial charge is 0.310 e. The van der Waals surface area contributed by atoms with E-state index in [1.165, 1.54) is 18.2 Å². The first-order chi connectivity index (χ1) is 16.4. The third-order valence-electron chi connectivity index (χ3n) is 5.41. The van der Waals surface area contributed by atoms with E-state index < -0.39 is 20.9 Å². The molecule has 198 valence electrons. The lowest BCUT2D eigenvalue weighted by atomic mass is 10.2. The number of nitrogens with one attached hydrogen (secondary N) is 2. The maximum atomic E-state index is 13.9. The van der Waals surface area contributed by atoms with E-state index in [4.69, 9.17) is 23.2 Å². The van der Waals surface area contributed by atoms with E-state index in [0.29, 0.717) is 44.6 Å². The van der Waals surface area contributed by atoms with Gasteiger partial charge in [-0.15, -0.1) is 0 Å². The first-order valence-corrected chi connectivity index (χ1v) is 13.5. The molecular formula is C24H26Cl2F6N3S+. The summed E-state index contributed by atoms with van der Waals surface area (Å²) in [7, 11) is -5.62. The normalized spacial score (nSPS) is 14.2. The second-order valence-electron chi connectivity index (χ2n) is 9.15. The second-order valence-corrected chi connectivity index (χ2v) is 12.4. The van der Waals surface area contributed by atoms with Crippen molar-refractivity contribution in [1.82, 2.24) is 0 Å². The summed E-state index contributed by atoms with van der Waals surface area (Å²) in [5, 5.41) is 6.96. The van der Waals surface area contributed by atoms with Crippen LogP contribution in [0.15, 0.2) is 65.6 Å². The molecule has 12 heteroatoms. The summed E-state index contributed by atoms with van der Waals surface area (Å²) in [6.45, 7) is 1.99. The Morgan fingerprint density at radius 2 is 1.47 bits per heavy atom. The van der Waals surface area contributed by atoms with E-state index in [0.717, 1.165) is 37.2 Å². The van der Waals surface area contributed by atoms with E-state index in [-0.39, 0.29) is 5.69 Å². The molecule has 0 aliphatic rings. The van der Waals surface area contributed by atoms with Crippen LogP contribution in [0.1, 0.15) is 12.0 Å². The maximum absolute atomic E-state index is 13.9. The lowest BCUT2D eigenvalue weighted by molar-refractivity contribution is -0.903. The number of nitrogens with zero attached hydrogens (tertiary/aromatic N) is 1. The van der Waals surface area contributed by atoms with Gasteiger partial charge in [-0.2, -0.15) is 0 Å². The summed E-state index contributed by atoms with van der Waals surface area (Å²) in [6, 6.07) is 11.8. The number of anilines is 3. The standard InChI is InChI=1S/C24H26Cl2F6N3S/c1-35(2,16-17-4-10-21(25)22(26)14-17)13-3-12-33-24-15-18(27)5-11-23(24)34-19-6-8-20(9-7-19)36(28,29,30,31)32/h4-11,14-15,33-34H,3,12-13,16H2,1-2H3/q+1. The minimum Gasteiger partial charge on any atom is -0.383 e. The van der Waals surface area contributed by atoms with E-state index in [1.807, 2.05) is 12.1 Å². The van der Waals surface area contributed by atoms with E-state index >= 15 is 0 Å². The molecule has 3 rings (SSSR count). The minimum absolute atomic E-state index is 0.148. The number of benzene rings is 3. The van der Waals surface area contributed by atoms with Crippen LogP contribution in [0.3, 0.4) is 0 Å². The summed E-state index contributed by atoms with van der Waals surface area (Å²) < 4.78 is 79.2. The van der Waals surface area contributed by atoms with Gasteiger partial charge in [0.25, 0.3) is 0 Å². The summed E-state index contributed by atoms with van der Waals surface area (Å²) in [4.78, 5) is -1.97. The Morgan fingerprint density at radius 3 is 2.08 bits per heavy atom. The molecule has 36 heavy (non-hydrogen) atoms. The van der Waals surface area contributed by atoms with Gasteiger partial charge in [-0.25, -0.2) is 4.39 Å². The second kappa shape index (κ2) is 9.55. The van der Waals surface area contributed by atoms with Crippen LogP contribution in [0, 0.1) is 5.82 Å². The molecule has 0 unspecified atom stereocenters. The molecule has 0 aromatic heterocycles. The lowest BCUT2D eigenvalue weighted by Gasteiger charge is -2.40. The van der Waals surface area contributed by atoms with Crippen molar-refractivity contribution in [2.24, 2.45) is 0 Å². The SMILES string of the molecule is C[N+](C)(CCCNc1cc(F)ccc1Nc1ccc(S(F)(F)(F)(F)F)cc1)Cc1ccc(Cl)c(Cl)c1. The first kappa shape index (κ1) is 28.3. The number of rotatable bonds is 10. The Balaban J connectivity index is 1.61. The van der Waals surface area contributed by atoms with Gasteiger partial charge in [0, 0.05) is 24.2 Å². The lowest BCUT2D eigenvalue weighted by Crippen LogP contribution is -2.40. The van der Waals surface area contributed by atoms with Crippen LogP contribution < -0.4 is 10.6 Å². The molecule has 0 saturated heterocycles. The summed E-state index contributed by atoms with van der Waals surface area (Å²) in [6.07, 6.45) is 0.725. The summed E-state index contributed by atoms with van der Waals surface area (Å²) in [5.74, 6) is -0.505. The van der Waals surface area contributed by atoms with Gasteiger partial charge < -0.3 is 15.1 Å². The Morgan fingerprint density at radius 1 is 0.806 bits per heavy atom. The molecular weight excluding hydrogens is 547 g/mol. The Labute approximate surface area is 216 Å². The highest BCUT2D eigenvalue weighted by Gasteiger charge is 2.65. The van der Waals surface area contributed by atoms with Gasteiger partial charge in [0.15, 0.2) is 0 Å². The van der Waals surface area contributed by atoms with Crippen molar-refractivity contribution >= 4 is 50.5 Å². The van der Waals surface area contributed by atoms with Crippen molar-refractivity contribution in [2.45, 2.75) is 17.9 Å². The summed E-state index contributed by atoms with van der Waals surface area (Å²) in [5.41, 5.74) is 1.97. The third kappa shape index (κ3) is 8.12. The Bertz CT molecular complexity index is 1240. The van der Waals surface area contributed by atoms with Gasteiger partial charge in [0.2, 0.25) is 0 Å². The molecule has 0 fully saturated rings. The largest absolute Gasteiger partial charge is 0.383 e. The molecule has 0 radical (unpaired) electrons. The van der Waals surface area contributed by atoms with Crippen molar-refractivity contribution < 1.29 is 28.3 Å². The zero-order valence-corrected chi connectivity index (χ0v) is 21.8. The van der Waals surface area contributed by atoms with Gasteiger partial charge >= 0.3 is 10.2 Å². The van der Waals surface area contributed by atoms with Crippen molar-refractivity contribution in [1.29, 1.82) is 0 Å². The van der Waals surface area contributed by atoms with Gasteiger partial charge in [0.05, 0.1) is 42.1 Å². The Hall–Kier alpha value is -2.27.